The number of ether oxygens (including phenoxy) is 1. The van der Waals surface area contributed by atoms with Crippen LogP contribution >= 0.6 is 0 Å². The molecular formula is C16H23F3N2O2. The van der Waals surface area contributed by atoms with Crippen molar-refractivity contribution in [3.8, 4) is 0 Å². The summed E-state index contributed by atoms with van der Waals surface area (Å²) in [5, 5.41) is 8.91. The van der Waals surface area contributed by atoms with Gasteiger partial charge < -0.3 is 14.7 Å². The Hall–Kier alpha value is -1.31. The minimum atomic E-state index is -4.25. The zero-order chi connectivity index (χ0) is 16.7. The first-order valence-corrected chi connectivity index (χ1v) is 7.80. The zero-order valence-corrected chi connectivity index (χ0v) is 13.1. The van der Waals surface area contributed by atoms with Crippen LogP contribution in [0.3, 0.4) is 0 Å². The van der Waals surface area contributed by atoms with E-state index in [9.17, 15) is 13.2 Å². The lowest BCUT2D eigenvalue weighted by molar-refractivity contribution is -0.147. The van der Waals surface area contributed by atoms with E-state index in [0.29, 0.717) is 19.6 Å². The van der Waals surface area contributed by atoms with Gasteiger partial charge in [-0.1, -0.05) is 18.2 Å². The summed E-state index contributed by atoms with van der Waals surface area (Å²) in [6.45, 7) is 2.10. The lowest BCUT2D eigenvalue weighted by atomic mass is 10.1. The smallest absolute Gasteiger partial charge is 0.396 e. The largest absolute Gasteiger partial charge is 0.401 e. The molecule has 0 spiro atoms. The number of aliphatic hydroxyl groups is 1. The molecule has 1 saturated heterocycles. The molecule has 0 aromatic heterocycles. The number of halogens is 3. The third-order valence-electron chi connectivity index (χ3n) is 3.77. The van der Waals surface area contributed by atoms with Crippen LogP contribution in [0, 0.1) is 0 Å². The van der Waals surface area contributed by atoms with E-state index in [2.05, 4.69) is 4.90 Å². The highest BCUT2D eigenvalue weighted by atomic mass is 19.4. The van der Waals surface area contributed by atoms with Crippen LogP contribution < -0.4 is 4.90 Å². The Morgan fingerprint density at radius 1 is 1.17 bits per heavy atom. The Balaban J connectivity index is 2.11. The van der Waals surface area contributed by atoms with E-state index >= 15 is 0 Å². The van der Waals surface area contributed by atoms with Gasteiger partial charge in [0.2, 0.25) is 0 Å². The molecule has 1 aliphatic heterocycles. The van der Waals surface area contributed by atoms with Crippen molar-refractivity contribution in [1.82, 2.24) is 4.90 Å². The quantitative estimate of drug-likeness (QED) is 0.831. The predicted octanol–water partition coefficient (Wildman–Crippen LogP) is 2.27. The molecule has 1 fully saturated rings. The topological polar surface area (TPSA) is 35.9 Å². The molecule has 1 heterocycles. The Labute approximate surface area is 134 Å². The van der Waals surface area contributed by atoms with Crippen molar-refractivity contribution in [2.75, 3.05) is 50.9 Å². The van der Waals surface area contributed by atoms with Gasteiger partial charge in [-0.3, -0.25) is 4.90 Å². The van der Waals surface area contributed by atoms with Crippen LogP contribution in [0.2, 0.25) is 0 Å². The molecule has 0 atom stereocenters. The van der Waals surface area contributed by atoms with Gasteiger partial charge in [-0.15, -0.1) is 0 Å². The molecule has 2 rings (SSSR count). The number of anilines is 1. The number of rotatable bonds is 7. The van der Waals surface area contributed by atoms with Crippen molar-refractivity contribution < 1.29 is 23.0 Å². The molecule has 23 heavy (non-hydrogen) atoms. The molecule has 1 N–H and O–H groups in total. The zero-order valence-electron chi connectivity index (χ0n) is 13.1. The van der Waals surface area contributed by atoms with E-state index in [1.54, 1.807) is 0 Å². The summed E-state index contributed by atoms with van der Waals surface area (Å²) >= 11 is 0. The SMILES string of the molecule is OCCCN(Cc1ccccc1N1CCOCC1)CC(F)(F)F. The molecule has 4 nitrogen and oxygen atoms in total. The average Bonchev–Trinajstić information content (AvgIpc) is 2.52. The van der Waals surface area contributed by atoms with Crippen molar-refractivity contribution in [3.05, 3.63) is 29.8 Å². The monoisotopic (exact) mass is 332 g/mol. The maximum absolute atomic E-state index is 12.8. The first-order valence-electron chi connectivity index (χ1n) is 7.80. The summed E-state index contributed by atoms with van der Waals surface area (Å²) in [5.41, 5.74) is 1.84. The summed E-state index contributed by atoms with van der Waals surface area (Å²) in [7, 11) is 0. The number of morpholine rings is 1. The Bertz CT molecular complexity index is 477. The Morgan fingerprint density at radius 3 is 2.52 bits per heavy atom. The van der Waals surface area contributed by atoms with Gasteiger partial charge in [-0.25, -0.2) is 0 Å². The van der Waals surface area contributed by atoms with Gasteiger partial charge in [-0.05, 0) is 18.1 Å². The molecule has 0 bridgehead atoms. The Kier molecular flexibility index (Phi) is 6.68. The van der Waals surface area contributed by atoms with Gasteiger partial charge in [0, 0.05) is 38.5 Å². The molecular weight excluding hydrogens is 309 g/mol. The standard InChI is InChI=1S/C16H23F3N2O2/c17-16(18,19)13-20(6-3-9-22)12-14-4-1-2-5-15(14)21-7-10-23-11-8-21/h1-2,4-5,22H,3,6-13H2. The summed E-state index contributed by atoms with van der Waals surface area (Å²) in [4.78, 5) is 3.49. The maximum atomic E-state index is 12.8. The highest BCUT2D eigenvalue weighted by Gasteiger charge is 2.31. The van der Waals surface area contributed by atoms with Crippen LogP contribution in [0.5, 0.6) is 0 Å². The van der Waals surface area contributed by atoms with Crippen LogP contribution in [-0.2, 0) is 11.3 Å². The van der Waals surface area contributed by atoms with Crippen molar-refractivity contribution in [1.29, 1.82) is 0 Å². The van der Waals surface area contributed by atoms with E-state index in [1.807, 2.05) is 24.3 Å². The summed E-state index contributed by atoms with van der Waals surface area (Å²) < 4.78 is 43.6. The van der Waals surface area contributed by atoms with Gasteiger partial charge in [0.15, 0.2) is 0 Å². The first-order chi connectivity index (χ1) is 11.0. The first kappa shape index (κ1) is 18.0. The van der Waals surface area contributed by atoms with Crippen molar-refractivity contribution in [2.24, 2.45) is 0 Å². The van der Waals surface area contributed by atoms with Crippen LogP contribution in [-0.4, -0.2) is 62.2 Å². The minimum Gasteiger partial charge on any atom is -0.396 e. The molecule has 1 aliphatic rings. The van der Waals surface area contributed by atoms with Crippen LogP contribution in [0.15, 0.2) is 24.3 Å². The third kappa shape index (κ3) is 6.01. The fourth-order valence-electron chi connectivity index (χ4n) is 2.76. The summed E-state index contributed by atoms with van der Waals surface area (Å²) in [5.74, 6) is 0. The predicted molar refractivity (Wildman–Crippen MR) is 82.5 cm³/mol. The summed E-state index contributed by atoms with van der Waals surface area (Å²) in [6.07, 6.45) is -3.92. The second-order valence-corrected chi connectivity index (χ2v) is 5.63. The molecule has 1 aromatic carbocycles. The molecule has 130 valence electrons. The van der Waals surface area contributed by atoms with Gasteiger partial charge in [0.1, 0.15) is 0 Å². The molecule has 0 aliphatic carbocycles. The van der Waals surface area contributed by atoms with Crippen LogP contribution in [0.1, 0.15) is 12.0 Å². The second-order valence-electron chi connectivity index (χ2n) is 5.63. The maximum Gasteiger partial charge on any atom is 0.401 e. The van der Waals surface area contributed by atoms with Gasteiger partial charge >= 0.3 is 6.18 Å². The Morgan fingerprint density at radius 2 is 1.87 bits per heavy atom. The average molecular weight is 332 g/mol. The van der Waals surface area contributed by atoms with Crippen LogP contribution in [0.25, 0.3) is 0 Å². The molecule has 0 amide bonds. The number of para-hydroxylation sites is 1. The minimum absolute atomic E-state index is 0.112. The van der Waals surface area contributed by atoms with Crippen molar-refractivity contribution in [3.63, 3.8) is 0 Å². The van der Waals surface area contributed by atoms with E-state index in [0.717, 1.165) is 24.3 Å². The molecule has 0 saturated carbocycles. The van der Waals surface area contributed by atoms with E-state index in [-0.39, 0.29) is 19.7 Å². The number of hydrogen-bond acceptors (Lipinski definition) is 4. The van der Waals surface area contributed by atoms with Crippen LogP contribution in [0.4, 0.5) is 18.9 Å². The molecule has 0 radical (unpaired) electrons. The number of benzene rings is 1. The number of aliphatic hydroxyl groups excluding tert-OH is 1. The van der Waals surface area contributed by atoms with Gasteiger partial charge in [0.25, 0.3) is 0 Å². The summed E-state index contributed by atoms with van der Waals surface area (Å²) in [6, 6.07) is 7.55. The highest BCUT2D eigenvalue weighted by molar-refractivity contribution is 5.53. The number of nitrogens with zero attached hydrogens (tertiary/aromatic N) is 2. The fourth-order valence-corrected chi connectivity index (χ4v) is 2.76. The number of alkyl halides is 3. The van der Waals surface area contributed by atoms with Crippen molar-refractivity contribution >= 4 is 5.69 Å². The normalized spacial score (nSPS) is 16.1. The molecule has 1 aromatic rings. The fraction of sp³-hybridized carbons (Fsp3) is 0.625. The van der Waals surface area contributed by atoms with Crippen molar-refractivity contribution in [2.45, 2.75) is 19.1 Å². The lowest BCUT2D eigenvalue weighted by Gasteiger charge is -2.32. The second kappa shape index (κ2) is 8.52. The molecule has 0 unspecified atom stereocenters. The number of hydrogen-bond donors (Lipinski definition) is 1. The van der Waals surface area contributed by atoms with E-state index in [4.69, 9.17) is 9.84 Å². The van der Waals surface area contributed by atoms with E-state index in [1.165, 1.54) is 4.90 Å². The highest BCUT2D eigenvalue weighted by Crippen LogP contribution is 2.25. The third-order valence-corrected chi connectivity index (χ3v) is 3.77. The van der Waals surface area contributed by atoms with Gasteiger partial charge in [-0.2, -0.15) is 13.2 Å². The van der Waals surface area contributed by atoms with Gasteiger partial charge in [0.05, 0.1) is 19.8 Å². The lowest BCUT2D eigenvalue weighted by Crippen LogP contribution is -2.38. The van der Waals surface area contributed by atoms with E-state index < -0.39 is 12.7 Å². The molecule has 7 heteroatoms.